The van der Waals surface area contributed by atoms with E-state index >= 15 is 0 Å². The summed E-state index contributed by atoms with van der Waals surface area (Å²) < 4.78 is 0. The first-order chi connectivity index (χ1) is 21.7. The summed E-state index contributed by atoms with van der Waals surface area (Å²) in [5.41, 5.74) is 9.28. The molecule has 0 spiro atoms. The largest absolute Gasteiger partial charge is 0.358 e. The molecule has 44 heavy (non-hydrogen) atoms. The highest BCUT2D eigenvalue weighted by molar-refractivity contribution is 5.50. The van der Waals surface area contributed by atoms with Crippen LogP contribution in [0.4, 0.5) is 0 Å². The molecule has 2 fully saturated rings. The van der Waals surface area contributed by atoms with Gasteiger partial charge in [0.2, 0.25) is 0 Å². The standard InChI is InChI=1S/C43H45N/c1-28-11-9-19-37-34-16-5-6-17-35(34)39-26-31(21-23-38(39)43(28)37)32-22-24-42-40(27-32)36-18-7-8-20-41(36)44(42)33-15-10-14-30(25-33)29-12-3-2-4-13-29/h2-8,10,12-13,15-18,20-22,24-25,27-28,30,36-43H,9,11,14,19,23,26H2,1H3/t28-,30?,36?,37?,38?,39?,40?,41?,42?,43?/m1/s1. The van der Waals surface area contributed by atoms with Crippen molar-refractivity contribution in [2.45, 2.75) is 75.3 Å². The van der Waals surface area contributed by atoms with Gasteiger partial charge in [-0.25, -0.2) is 0 Å². The Morgan fingerprint density at radius 1 is 0.727 bits per heavy atom. The zero-order valence-corrected chi connectivity index (χ0v) is 26.0. The Morgan fingerprint density at radius 3 is 2.41 bits per heavy atom. The van der Waals surface area contributed by atoms with Crippen molar-refractivity contribution in [3.8, 4) is 0 Å². The molecular formula is C43H45N. The highest BCUT2D eigenvalue weighted by atomic mass is 15.2. The Labute approximate surface area is 264 Å². The monoisotopic (exact) mass is 575 g/mol. The minimum atomic E-state index is 0.391. The minimum Gasteiger partial charge on any atom is -0.358 e. The van der Waals surface area contributed by atoms with Gasteiger partial charge in [-0.15, -0.1) is 0 Å². The van der Waals surface area contributed by atoms with Gasteiger partial charge in [-0.05, 0) is 89.2 Å². The van der Waals surface area contributed by atoms with E-state index in [1.807, 2.05) is 0 Å². The van der Waals surface area contributed by atoms with Gasteiger partial charge in [0.25, 0.3) is 0 Å². The molecular weight excluding hydrogens is 530 g/mol. The number of hydrogen-bond acceptors (Lipinski definition) is 1. The van der Waals surface area contributed by atoms with Crippen LogP contribution < -0.4 is 0 Å². The summed E-state index contributed by atoms with van der Waals surface area (Å²) in [5, 5.41) is 0. The lowest BCUT2D eigenvalue weighted by Crippen LogP contribution is -2.40. The third kappa shape index (κ3) is 4.26. The molecule has 9 unspecified atom stereocenters. The Kier molecular flexibility index (Phi) is 6.57. The highest BCUT2D eigenvalue weighted by Crippen LogP contribution is 2.59. The quantitative estimate of drug-likeness (QED) is 0.352. The Hall–Kier alpha value is -3.58. The molecule has 7 aliphatic rings. The smallest absolute Gasteiger partial charge is 0.0552 e. The fourth-order valence-electron chi connectivity index (χ4n) is 10.7. The SMILES string of the molecule is C[C@@H]1CCCC2c3ccccc3C3CC(C4=CC5C6C=CC=CC6N(C6=CC(c7ccccc7)CC=C6)C5C=C4)=CCC3C21. The van der Waals surface area contributed by atoms with Gasteiger partial charge in [-0.2, -0.15) is 0 Å². The van der Waals surface area contributed by atoms with E-state index < -0.39 is 0 Å². The zero-order valence-electron chi connectivity index (χ0n) is 26.0. The molecule has 0 radical (unpaired) electrons. The minimum absolute atomic E-state index is 0.391. The second-order valence-electron chi connectivity index (χ2n) is 14.7. The van der Waals surface area contributed by atoms with Crippen LogP contribution >= 0.6 is 0 Å². The van der Waals surface area contributed by atoms with Crippen molar-refractivity contribution in [3.05, 3.63) is 155 Å². The van der Waals surface area contributed by atoms with Crippen LogP contribution in [0, 0.1) is 29.6 Å². The second kappa shape index (κ2) is 10.8. The maximum Gasteiger partial charge on any atom is 0.0552 e. The van der Waals surface area contributed by atoms with E-state index in [1.54, 1.807) is 16.7 Å². The third-order valence-electron chi connectivity index (χ3n) is 12.6. The van der Waals surface area contributed by atoms with Crippen LogP contribution in [0.5, 0.6) is 0 Å². The summed E-state index contributed by atoms with van der Waals surface area (Å²) in [6, 6.07) is 21.4. The number of rotatable bonds is 3. The average Bonchev–Trinajstić information content (AvgIpc) is 3.42. The molecule has 0 bridgehead atoms. The van der Waals surface area contributed by atoms with Gasteiger partial charge in [-0.3, -0.25) is 0 Å². The molecule has 10 atom stereocenters. The molecule has 1 saturated carbocycles. The fourth-order valence-corrected chi connectivity index (χ4v) is 10.7. The van der Waals surface area contributed by atoms with Crippen molar-refractivity contribution in [2.75, 3.05) is 0 Å². The van der Waals surface area contributed by atoms with E-state index in [-0.39, 0.29) is 0 Å². The average molecular weight is 576 g/mol. The van der Waals surface area contributed by atoms with E-state index in [0.29, 0.717) is 35.8 Å². The Bertz CT molecular complexity index is 1640. The van der Waals surface area contributed by atoms with E-state index in [2.05, 4.69) is 133 Å². The maximum atomic E-state index is 2.73. The van der Waals surface area contributed by atoms with Crippen molar-refractivity contribution in [1.82, 2.24) is 4.90 Å². The Morgan fingerprint density at radius 2 is 1.52 bits per heavy atom. The van der Waals surface area contributed by atoms with E-state index in [0.717, 1.165) is 30.1 Å². The number of benzene rings is 2. The van der Waals surface area contributed by atoms with Gasteiger partial charge in [0.1, 0.15) is 0 Å². The number of hydrogen-bond donors (Lipinski definition) is 0. The predicted molar refractivity (Wildman–Crippen MR) is 182 cm³/mol. The molecule has 1 heterocycles. The zero-order chi connectivity index (χ0) is 29.2. The van der Waals surface area contributed by atoms with E-state index in [1.165, 1.54) is 48.9 Å². The molecule has 2 aromatic carbocycles. The maximum absolute atomic E-state index is 2.73. The molecule has 9 rings (SSSR count). The molecule has 0 aromatic heterocycles. The summed E-state index contributed by atoms with van der Waals surface area (Å²) in [6.45, 7) is 2.56. The Balaban J connectivity index is 1.03. The van der Waals surface area contributed by atoms with Gasteiger partial charge >= 0.3 is 0 Å². The number of fused-ring (bicyclic) bond motifs is 9. The lowest BCUT2D eigenvalue weighted by molar-refractivity contribution is 0.106. The second-order valence-corrected chi connectivity index (χ2v) is 14.7. The van der Waals surface area contributed by atoms with Crippen LogP contribution in [0.3, 0.4) is 0 Å². The highest BCUT2D eigenvalue weighted by Gasteiger charge is 2.49. The topological polar surface area (TPSA) is 3.24 Å². The van der Waals surface area contributed by atoms with Crippen molar-refractivity contribution in [1.29, 1.82) is 0 Å². The predicted octanol–water partition coefficient (Wildman–Crippen LogP) is 10.2. The molecule has 1 aliphatic heterocycles. The van der Waals surface area contributed by atoms with Gasteiger partial charge in [0.15, 0.2) is 0 Å². The molecule has 1 heteroatoms. The summed E-state index contributed by atoms with van der Waals surface area (Å²) in [7, 11) is 0. The van der Waals surface area contributed by atoms with Gasteiger partial charge in [0.05, 0.1) is 12.1 Å². The lowest BCUT2D eigenvalue weighted by Gasteiger charge is -2.51. The van der Waals surface area contributed by atoms with Gasteiger partial charge < -0.3 is 4.90 Å². The molecule has 6 aliphatic carbocycles. The third-order valence-corrected chi connectivity index (χ3v) is 12.6. The molecule has 222 valence electrons. The van der Waals surface area contributed by atoms with Crippen LogP contribution in [0.1, 0.15) is 79.9 Å². The summed E-state index contributed by atoms with van der Waals surface area (Å²) in [4.78, 5) is 2.73. The number of likely N-dealkylation sites (tertiary alicyclic amines) is 1. The van der Waals surface area contributed by atoms with Crippen LogP contribution in [0.15, 0.2) is 138 Å². The molecule has 1 saturated heterocycles. The molecule has 1 nitrogen and oxygen atoms in total. The van der Waals surface area contributed by atoms with E-state index in [4.69, 9.17) is 0 Å². The van der Waals surface area contributed by atoms with Crippen molar-refractivity contribution in [3.63, 3.8) is 0 Å². The normalized spacial score (nSPS) is 38.0. The van der Waals surface area contributed by atoms with Crippen LogP contribution in [0.25, 0.3) is 0 Å². The first kappa shape index (κ1) is 26.8. The first-order valence-corrected chi connectivity index (χ1v) is 17.5. The van der Waals surface area contributed by atoms with Crippen molar-refractivity contribution < 1.29 is 0 Å². The molecule has 0 N–H and O–H groups in total. The summed E-state index contributed by atoms with van der Waals surface area (Å²) in [5.74, 6) is 5.38. The number of allylic oxidation sites excluding steroid dienone is 9. The van der Waals surface area contributed by atoms with E-state index in [9.17, 15) is 0 Å². The number of nitrogens with zero attached hydrogens (tertiary/aromatic N) is 1. The van der Waals surface area contributed by atoms with Crippen LogP contribution in [-0.4, -0.2) is 17.0 Å². The van der Waals surface area contributed by atoms with Gasteiger partial charge in [-0.1, -0.05) is 135 Å². The van der Waals surface area contributed by atoms with Crippen LogP contribution in [0.2, 0.25) is 0 Å². The first-order valence-electron chi connectivity index (χ1n) is 17.5. The van der Waals surface area contributed by atoms with Crippen LogP contribution in [-0.2, 0) is 0 Å². The van der Waals surface area contributed by atoms with Crippen molar-refractivity contribution >= 4 is 0 Å². The lowest BCUT2D eigenvalue weighted by atomic mass is 9.53. The molecule has 2 aromatic rings. The van der Waals surface area contributed by atoms with Crippen molar-refractivity contribution in [2.24, 2.45) is 29.6 Å². The fraction of sp³-hybridized carbons (Fsp3) is 0.395. The summed E-state index contributed by atoms with van der Waals surface area (Å²) in [6.07, 6.45) is 35.0. The molecule has 0 amide bonds. The summed E-state index contributed by atoms with van der Waals surface area (Å²) >= 11 is 0. The van der Waals surface area contributed by atoms with Gasteiger partial charge in [0, 0.05) is 23.5 Å².